The van der Waals surface area contributed by atoms with Crippen molar-refractivity contribution in [3.8, 4) is 0 Å². The van der Waals surface area contributed by atoms with Crippen LogP contribution in [0, 0.1) is 0 Å². The zero-order valence-electron chi connectivity index (χ0n) is 21.9. The summed E-state index contributed by atoms with van der Waals surface area (Å²) in [7, 11) is -3.38. The lowest BCUT2D eigenvalue weighted by Crippen LogP contribution is -2.68. The lowest BCUT2D eigenvalue weighted by molar-refractivity contribution is -0.149. The zero-order valence-corrected chi connectivity index (χ0v) is 23.9. The topological polar surface area (TPSA) is 44.8 Å². The molecular weight excluding hydrogens is 444 g/mol. The molecule has 4 nitrogen and oxygen atoms in total. The molecule has 0 bridgehead atoms. The van der Waals surface area contributed by atoms with Crippen LogP contribution < -0.4 is 10.4 Å². The summed E-state index contributed by atoms with van der Waals surface area (Å²) in [6.45, 7) is 18.2. The summed E-state index contributed by atoms with van der Waals surface area (Å²) in [5.74, 6) is -0.346. The van der Waals surface area contributed by atoms with Gasteiger partial charge in [0.2, 0.25) is 0 Å². The van der Waals surface area contributed by atoms with Gasteiger partial charge in [-0.15, -0.1) is 0 Å². The van der Waals surface area contributed by atoms with E-state index in [0.717, 1.165) is 10.4 Å². The average molecular weight is 487 g/mol. The van der Waals surface area contributed by atoms with Crippen molar-refractivity contribution in [1.29, 1.82) is 0 Å². The van der Waals surface area contributed by atoms with E-state index in [9.17, 15) is 4.79 Å². The van der Waals surface area contributed by atoms with Crippen molar-refractivity contribution in [2.45, 2.75) is 77.2 Å². The number of hydrogen-bond donors (Lipinski definition) is 0. The van der Waals surface area contributed by atoms with Crippen molar-refractivity contribution in [2.75, 3.05) is 13.7 Å². The number of ether oxygens (including phenoxy) is 1. The van der Waals surface area contributed by atoms with Gasteiger partial charge in [0, 0.05) is 13.0 Å². The molecular formula is C27H42O4Si2. The van der Waals surface area contributed by atoms with E-state index < -0.39 is 22.7 Å². The second-order valence-electron chi connectivity index (χ2n) is 11.2. The Bertz CT molecular complexity index is 844. The molecule has 0 fully saturated rings. The Hall–Kier alpha value is -1.74. The highest BCUT2D eigenvalue weighted by Crippen LogP contribution is 2.39. The molecule has 2 rings (SSSR count). The minimum Gasteiger partial charge on any atom is -0.467 e. The highest BCUT2D eigenvalue weighted by Gasteiger charge is 2.52. The molecule has 182 valence electrons. The maximum atomic E-state index is 13.0. The van der Waals surface area contributed by atoms with Crippen LogP contribution in [0.4, 0.5) is 0 Å². The van der Waals surface area contributed by atoms with E-state index in [0.29, 0.717) is 13.0 Å². The van der Waals surface area contributed by atoms with Crippen molar-refractivity contribution in [1.82, 2.24) is 0 Å². The molecule has 0 amide bonds. The molecule has 0 heterocycles. The fourth-order valence-electron chi connectivity index (χ4n) is 3.90. The average Bonchev–Trinajstić information content (AvgIpc) is 2.75. The maximum Gasteiger partial charge on any atom is 0.333 e. The molecule has 2 aromatic carbocycles. The summed E-state index contributed by atoms with van der Waals surface area (Å²) < 4.78 is 18.6. The first-order valence-electron chi connectivity index (χ1n) is 11.8. The van der Waals surface area contributed by atoms with Gasteiger partial charge in [-0.2, -0.15) is 0 Å². The highest BCUT2D eigenvalue weighted by molar-refractivity contribution is 6.99. The molecule has 0 spiro atoms. The largest absolute Gasteiger partial charge is 0.467 e. The molecule has 0 aliphatic carbocycles. The van der Waals surface area contributed by atoms with Gasteiger partial charge in [0.25, 0.3) is 8.32 Å². The zero-order chi connectivity index (χ0) is 24.9. The first kappa shape index (κ1) is 27.5. The van der Waals surface area contributed by atoms with E-state index in [1.807, 2.05) is 36.4 Å². The fraction of sp³-hybridized carbons (Fsp3) is 0.519. The van der Waals surface area contributed by atoms with Gasteiger partial charge in [-0.25, -0.2) is 4.79 Å². The highest BCUT2D eigenvalue weighted by atomic mass is 28.4. The predicted molar refractivity (Wildman–Crippen MR) is 142 cm³/mol. The smallest absolute Gasteiger partial charge is 0.333 e. The van der Waals surface area contributed by atoms with Crippen LogP contribution in [0.1, 0.15) is 48.0 Å². The molecule has 6 heteroatoms. The summed E-state index contributed by atoms with van der Waals surface area (Å²) >= 11 is 0. The molecule has 1 atom stereocenters. The molecule has 0 N–H and O–H groups in total. The van der Waals surface area contributed by atoms with Crippen LogP contribution in [0.2, 0.25) is 23.2 Å². The standard InChI is InChI=1S/C27H42O4Si2/c1-26(2,3)32(8,9)30-21-20-24(25(28)29-7)31-33(27(4,5)6,22-16-12-10-13-17-22)23-18-14-11-15-19-23/h10-19,24H,20-21H2,1-9H3/t24-/m1/s1. The quantitative estimate of drug-likeness (QED) is 0.346. The van der Waals surface area contributed by atoms with Crippen molar-refractivity contribution in [2.24, 2.45) is 0 Å². The number of carbonyl (C=O) groups excluding carboxylic acids is 1. The van der Waals surface area contributed by atoms with E-state index in [4.69, 9.17) is 13.6 Å². The molecule has 0 aliphatic heterocycles. The Kier molecular flexibility index (Phi) is 8.90. The van der Waals surface area contributed by atoms with Gasteiger partial charge in [0.15, 0.2) is 8.32 Å². The van der Waals surface area contributed by atoms with E-state index in [2.05, 4.69) is 78.9 Å². The molecule has 0 saturated carbocycles. The van der Waals surface area contributed by atoms with Gasteiger partial charge in [-0.05, 0) is 33.5 Å². The summed E-state index contributed by atoms with van der Waals surface area (Å²) in [5.41, 5.74) is 0. The number of rotatable bonds is 9. The second kappa shape index (κ2) is 10.7. The van der Waals surface area contributed by atoms with Gasteiger partial charge < -0.3 is 13.6 Å². The first-order valence-corrected chi connectivity index (χ1v) is 16.6. The van der Waals surface area contributed by atoms with Gasteiger partial charge in [-0.1, -0.05) is 102 Å². The van der Waals surface area contributed by atoms with E-state index in [1.54, 1.807) is 0 Å². The molecule has 0 aromatic heterocycles. The van der Waals surface area contributed by atoms with Crippen LogP contribution in [0.25, 0.3) is 0 Å². The third-order valence-electron chi connectivity index (χ3n) is 6.85. The Balaban J connectivity index is 2.50. The lowest BCUT2D eigenvalue weighted by Gasteiger charge is -2.44. The predicted octanol–water partition coefficient (Wildman–Crippen LogP) is 5.52. The van der Waals surface area contributed by atoms with E-state index in [-0.39, 0.29) is 16.0 Å². The van der Waals surface area contributed by atoms with Crippen LogP contribution >= 0.6 is 0 Å². The summed E-state index contributed by atoms with van der Waals surface area (Å²) in [6.07, 6.45) is -0.241. The van der Waals surface area contributed by atoms with Crippen molar-refractivity contribution in [3.63, 3.8) is 0 Å². The minimum absolute atomic E-state index is 0.104. The minimum atomic E-state index is -2.87. The Morgan fingerprint density at radius 1 is 0.818 bits per heavy atom. The van der Waals surface area contributed by atoms with Crippen LogP contribution in [-0.2, 0) is 18.4 Å². The van der Waals surface area contributed by atoms with Crippen molar-refractivity contribution < 1.29 is 18.4 Å². The molecule has 33 heavy (non-hydrogen) atoms. The van der Waals surface area contributed by atoms with Crippen LogP contribution in [0.15, 0.2) is 60.7 Å². The third kappa shape index (κ3) is 6.24. The summed E-state index contributed by atoms with van der Waals surface area (Å²) in [6, 6.07) is 20.7. The first-order chi connectivity index (χ1) is 15.3. The molecule has 0 saturated heterocycles. The Morgan fingerprint density at radius 2 is 1.27 bits per heavy atom. The van der Waals surface area contributed by atoms with Crippen LogP contribution in [0.3, 0.4) is 0 Å². The van der Waals surface area contributed by atoms with Crippen molar-refractivity contribution in [3.05, 3.63) is 60.7 Å². The number of hydrogen-bond acceptors (Lipinski definition) is 4. The monoisotopic (exact) mass is 486 g/mol. The Labute approximate surface area is 202 Å². The normalized spacial score (nSPS) is 14.1. The number of methoxy groups -OCH3 is 1. The van der Waals surface area contributed by atoms with E-state index >= 15 is 0 Å². The van der Waals surface area contributed by atoms with Crippen molar-refractivity contribution >= 4 is 33.0 Å². The van der Waals surface area contributed by atoms with Gasteiger partial charge in [-0.3, -0.25) is 0 Å². The summed E-state index contributed by atoms with van der Waals surface area (Å²) in [4.78, 5) is 13.0. The maximum absolute atomic E-state index is 13.0. The SMILES string of the molecule is COC(=O)[C@@H](CCO[Si](C)(C)C(C)(C)C)O[Si](c1ccccc1)(c1ccccc1)C(C)(C)C. The van der Waals surface area contributed by atoms with E-state index in [1.165, 1.54) is 7.11 Å². The van der Waals surface area contributed by atoms with Gasteiger partial charge in [0.1, 0.15) is 6.10 Å². The second-order valence-corrected chi connectivity index (χ2v) is 20.3. The van der Waals surface area contributed by atoms with Crippen LogP contribution in [0.5, 0.6) is 0 Å². The lowest BCUT2D eigenvalue weighted by atomic mass is 10.2. The molecule has 2 aromatic rings. The summed E-state index contributed by atoms with van der Waals surface area (Å²) in [5, 5.41) is 2.17. The number of carbonyl (C=O) groups is 1. The third-order valence-corrected chi connectivity index (χ3v) is 16.4. The van der Waals surface area contributed by atoms with Gasteiger partial charge >= 0.3 is 5.97 Å². The number of esters is 1. The molecule has 0 unspecified atom stereocenters. The molecule has 0 radical (unpaired) electrons. The Morgan fingerprint density at radius 3 is 1.64 bits per heavy atom. The fourth-order valence-corrected chi connectivity index (χ4v) is 9.62. The molecule has 0 aliphatic rings. The number of benzene rings is 2. The van der Waals surface area contributed by atoms with Gasteiger partial charge in [0.05, 0.1) is 7.11 Å². The van der Waals surface area contributed by atoms with Crippen LogP contribution in [-0.4, -0.2) is 42.4 Å².